The van der Waals surface area contributed by atoms with E-state index in [1.807, 2.05) is 6.07 Å². The van der Waals surface area contributed by atoms with Gasteiger partial charge in [0.2, 0.25) is 0 Å². The van der Waals surface area contributed by atoms with Gasteiger partial charge in [-0.25, -0.2) is 9.59 Å². The third-order valence-electron chi connectivity index (χ3n) is 5.55. The molecule has 194 valence electrons. The van der Waals surface area contributed by atoms with Crippen LogP contribution in [-0.2, 0) is 25.6 Å². The number of carbonyl (C=O) groups excluding carboxylic acids is 3. The summed E-state index contributed by atoms with van der Waals surface area (Å²) in [5.74, 6) is -1.26. The van der Waals surface area contributed by atoms with Crippen LogP contribution in [0.4, 0.5) is 5.69 Å². The van der Waals surface area contributed by atoms with E-state index in [2.05, 4.69) is 14.8 Å². The van der Waals surface area contributed by atoms with Crippen LogP contribution >= 0.6 is 11.3 Å². The number of amides is 1. The molecule has 1 amide bonds. The number of thiazole rings is 1. The number of carbonyl (C=O) groups is 3. The Labute approximate surface area is 221 Å². The molecule has 0 aliphatic carbocycles. The summed E-state index contributed by atoms with van der Waals surface area (Å²) in [6.07, 6.45) is 1.37. The lowest BCUT2D eigenvalue weighted by Gasteiger charge is -2.09. The van der Waals surface area contributed by atoms with Crippen LogP contribution in [0.2, 0.25) is 0 Å². The average Bonchev–Trinajstić information content (AvgIpc) is 3.26. The Hall–Kier alpha value is -4.70. The molecule has 0 saturated carbocycles. The van der Waals surface area contributed by atoms with Crippen LogP contribution in [0.1, 0.15) is 15.9 Å². The Morgan fingerprint density at radius 1 is 0.921 bits per heavy atom. The maximum Gasteiger partial charge on any atom is 0.345 e. The van der Waals surface area contributed by atoms with E-state index in [0.717, 1.165) is 21.6 Å². The van der Waals surface area contributed by atoms with Crippen LogP contribution < -0.4 is 14.9 Å². The molecule has 0 spiro atoms. The van der Waals surface area contributed by atoms with E-state index in [-0.39, 0.29) is 23.0 Å². The first-order valence-corrected chi connectivity index (χ1v) is 12.3. The molecule has 4 rings (SSSR count). The number of esters is 2. The fourth-order valence-electron chi connectivity index (χ4n) is 3.65. The van der Waals surface area contributed by atoms with Gasteiger partial charge in [0, 0.05) is 11.3 Å². The van der Waals surface area contributed by atoms with Crippen LogP contribution in [0, 0.1) is 0 Å². The number of hydrogen-bond acceptors (Lipinski definition) is 8. The summed E-state index contributed by atoms with van der Waals surface area (Å²) < 4.78 is 17.4. The van der Waals surface area contributed by atoms with Gasteiger partial charge in [0.05, 0.1) is 31.0 Å². The minimum absolute atomic E-state index is 0.131. The third kappa shape index (κ3) is 6.16. The lowest BCUT2D eigenvalue weighted by molar-refractivity contribution is -0.143. The number of nitrogens with zero attached hydrogens (tertiary/aromatic N) is 1. The summed E-state index contributed by atoms with van der Waals surface area (Å²) >= 11 is 1.10. The van der Waals surface area contributed by atoms with Gasteiger partial charge in [-0.3, -0.25) is 14.2 Å². The molecular formula is C28H24N2O7S. The fourth-order valence-corrected chi connectivity index (χ4v) is 4.61. The SMILES string of the molecule is COC(=O)C(=Cc1ccc(OCCn2c(=O)sc3cc(NC(=O)c4ccccc4)ccc32)cc1)C(=O)OC. The predicted molar refractivity (Wildman–Crippen MR) is 144 cm³/mol. The quantitative estimate of drug-likeness (QED) is 0.149. The van der Waals surface area contributed by atoms with Crippen LogP contribution in [0.25, 0.3) is 16.3 Å². The number of rotatable bonds is 9. The first kappa shape index (κ1) is 26.4. The van der Waals surface area contributed by atoms with Crippen molar-refractivity contribution in [1.82, 2.24) is 4.57 Å². The normalized spacial score (nSPS) is 10.5. The second-order valence-electron chi connectivity index (χ2n) is 7.98. The van der Waals surface area contributed by atoms with Gasteiger partial charge in [0.15, 0.2) is 0 Å². The van der Waals surface area contributed by atoms with Crippen molar-refractivity contribution in [3.63, 3.8) is 0 Å². The Morgan fingerprint density at radius 3 is 2.26 bits per heavy atom. The van der Waals surface area contributed by atoms with E-state index in [1.165, 1.54) is 20.3 Å². The minimum Gasteiger partial charge on any atom is -0.492 e. The summed E-state index contributed by atoms with van der Waals surface area (Å²) in [5.41, 5.74) is 2.26. The number of nitrogens with one attached hydrogen (secondary N) is 1. The third-order valence-corrected chi connectivity index (χ3v) is 6.49. The molecule has 9 nitrogen and oxygen atoms in total. The summed E-state index contributed by atoms with van der Waals surface area (Å²) in [5, 5.41) is 2.86. The fraction of sp³-hybridized carbons (Fsp3) is 0.143. The molecule has 1 N–H and O–H groups in total. The van der Waals surface area contributed by atoms with E-state index >= 15 is 0 Å². The zero-order valence-electron chi connectivity index (χ0n) is 20.6. The molecule has 0 saturated heterocycles. The molecule has 0 bridgehead atoms. The maximum absolute atomic E-state index is 12.6. The van der Waals surface area contributed by atoms with E-state index in [0.29, 0.717) is 29.1 Å². The van der Waals surface area contributed by atoms with E-state index in [9.17, 15) is 19.2 Å². The van der Waals surface area contributed by atoms with Crippen molar-refractivity contribution in [3.05, 3.63) is 99.2 Å². The molecule has 0 aliphatic rings. The number of hydrogen-bond donors (Lipinski definition) is 1. The lowest BCUT2D eigenvalue weighted by atomic mass is 10.1. The molecule has 0 radical (unpaired) electrons. The standard InChI is InChI=1S/C28H24N2O7S/c1-35-26(32)22(27(33)36-2)16-18-8-11-21(12-9-18)37-15-14-30-23-13-10-20(17-24(23)38-28(30)34)29-25(31)19-6-4-3-5-7-19/h3-13,16-17H,14-15H2,1-2H3,(H,29,31). The molecule has 0 atom stereocenters. The number of aromatic nitrogens is 1. The van der Waals surface area contributed by atoms with E-state index in [1.54, 1.807) is 71.3 Å². The van der Waals surface area contributed by atoms with Crippen molar-refractivity contribution >= 4 is 51.2 Å². The Kier molecular flexibility index (Phi) is 8.34. The summed E-state index contributed by atoms with van der Waals surface area (Å²) in [4.78, 5) is 48.5. The Bertz CT molecular complexity index is 1540. The van der Waals surface area contributed by atoms with Crippen molar-refractivity contribution in [2.45, 2.75) is 6.54 Å². The lowest BCUT2D eigenvalue weighted by Crippen LogP contribution is -2.17. The highest BCUT2D eigenvalue weighted by atomic mass is 32.1. The average molecular weight is 533 g/mol. The summed E-state index contributed by atoms with van der Waals surface area (Å²) in [7, 11) is 2.36. The molecule has 10 heteroatoms. The van der Waals surface area contributed by atoms with Crippen molar-refractivity contribution in [1.29, 1.82) is 0 Å². The molecule has 4 aromatic rings. The summed E-state index contributed by atoms with van der Waals surface area (Å²) in [6, 6.07) is 21.0. The van der Waals surface area contributed by atoms with E-state index < -0.39 is 11.9 Å². The van der Waals surface area contributed by atoms with Crippen molar-refractivity contribution in [2.75, 3.05) is 26.1 Å². The number of methoxy groups -OCH3 is 2. The topological polar surface area (TPSA) is 113 Å². The molecule has 3 aromatic carbocycles. The zero-order chi connectivity index (χ0) is 27.1. The van der Waals surface area contributed by atoms with Gasteiger partial charge >= 0.3 is 16.8 Å². The van der Waals surface area contributed by atoms with Gasteiger partial charge in [-0.1, -0.05) is 41.7 Å². The predicted octanol–water partition coefficient (Wildman–Crippen LogP) is 4.12. The second kappa shape index (κ2) is 12.0. The minimum atomic E-state index is -0.795. The first-order chi connectivity index (χ1) is 18.4. The highest BCUT2D eigenvalue weighted by Gasteiger charge is 2.19. The number of fused-ring (bicyclic) bond motifs is 1. The molecule has 38 heavy (non-hydrogen) atoms. The molecule has 0 aliphatic heterocycles. The van der Waals surface area contributed by atoms with Gasteiger partial charge < -0.3 is 19.5 Å². The van der Waals surface area contributed by atoms with Gasteiger partial charge in [0.1, 0.15) is 17.9 Å². The molecule has 0 fully saturated rings. The molecular weight excluding hydrogens is 508 g/mol. The zero-order valence-corrected chi connectivity index (χ0v) is 21.4. The first-order valence-electron chi connectivity index (χ1n) is 11.5. The molecule has 1 heterocycles. The number of ether oxygens (including phenoxy) is 3. The monoisotopic (exact) mass is 532 g/mol. The van der Waals surface area contributed by atoms with Crippen molar-refractivity contribution in [3.8, 4) is 5.75 Å². The molecule has 1 aromatic heterocycles. The van der Waals surface area contributed by atoms with Crippen molar-refractivity contribution < 1.29 is 28.6 Å². The Morgan fingerprint density at radius 2 is 1.61 bits per heavy atom. The van der Waals surface area contributed by atoms with E-state index in [4.69, 9.17) is 4.74 Å². The van der Waals surface area contributed by atoms with Crippen LogP contribution in [0.5, 0.6) is 5.75 Å². The second-order valence-corrected chi connectivity index (χ2v) is 8.97. The largest absolute Gasteiger partial charge is 0.492 e. The smallest absolute Gasteiger partial charge is 0.345 e. The van der Waals surface area contributed by atoms with Gasteiger partial charge in [-0.15, -0.1) is 0 Å². The molecule has 0 unspecified atom stereocenters. The Balaban J connectivity index is 1.40. The number of benzene rings is 3. The van der Waals surface area contributed by atoms with Gasteiger partial charge in [0.25, 0.3) is 5.91 Å². The van der Waals surface area contributed by atoms with Crippen LogP contribution in [-0.4, -0.2) is 43.2 Å². The highest BCUT2D eigenvalue weighted by Crippen LogP contribution is 2.23. The highest BCUT2D eigenvalue weighted by molar-refractivity contribution is 7.16. The van der Waals surface area contributed by atoms with Crippen LogP contribution in [0.3, 0.4) is 0 Å². The van der Waals surface area contributed by atoms with Crippen molar-refractivity contribution in [2.24, 2.45) is 0 Å². The summed E-state index contributed by atoms with van der Waals surface area (Å²) in [6.45, 7) is 0.564. The number of anilines is 1. The van der Waals surface area contributed by atoms with Gasteiger partial charge in [-0.05, 0) is 54.1 Å². The van der Waals surface area contributed by atoms with Gasteiger partial charge in [-0.2, -0.15) is 0 Å². The van der Waals surface area contributed by atoms with Crippen LogP contribution in [0.15, 0.2) is 83.2 Å². The maximum atomic E-state index is 12.6.